The highest BCUT2D eigenvalue weighted by molar-refractivity contribution is 9.10. The van der Waals surface area contributed by atoms with Gasteiger partial charge in [0.25, 0.3) is 0 Å². The van der Waals surface area contributed by atoms with Gasteiger partial charge in [-0.2, -0.15) is 0 Å². The highest BCUT2D eigenvalue weighted by atomic mass is 79.9. The molecule has 0 saturated carbocycles. The lowest BCUT2D eigenvalue weighted by molar-refractivity contribution is -0.117. The molecule has 1 atom stereocenters. The molecule has 1 amide bonds. The minimum Gasteiger partial charge on any atom is -0.329 e. The van der Waals surface area contributed by atoms with Crippen molar-refractivity contribution in [1.29, 1.82) is 0 Å². The molecule has 0 radical (unpaired) electrons. The summed E-state index contributed by atoms with van der Waals surface area (Å²) in [6.07, 6.45) is 0. The van der Waals surface area contributed by atoms with E-state index in [-0.39, 0.29) is 12.5 Å². The van der Waals surface area contributed by atoms with Crippen molar-refractivity contribution in [3.05, 3.63) is 63.6 Å². The summed E-state index contributed by atoms with van der Waals surface area (Å²) in [4.78, 5) is 12.3. The summed E-state index contributed by atoms with van der Waals surface area (Å²) in [6.45, 7) is 0.240. The molecule has 0 aliphatic carbocycles. The van der Waals surface area contributed by atoms with Gasteiger partial charge in [0.1, 0.15) is 0 Å². The van der Waals surface area contributed by atoms with Crippen LogP contribution in [0.15, 0.2) is 53.0 Å². The van der Waals surface area contributed by atoms with Crippen LogP contribution in [0.5, 0.6) is 0 Å². The molecule has 20 heavy (non-hydrogen) atoms. The van der Waals surface area contributed by atoms with Crippen molar-refractivity contribution in [3.63, 3.8) is 0 Å². The van der Waals surface area contributed by atoms with Crippen molar-refractivity contribution in [2.75, 3.05) is 11.9 Å². The molecule has 0 aromatic heterocycles. The van der Waals surface area contributed by atoms with E-state index in [0.29, 0.717) is 10.7 Å². The third-order valence-electron chi connectivity index (χ3n) is 2.94. The van der Waals surface area contributed by atoms with Gasteiger partial charge >= 0.3 is 0 Å². The number of hydrogen-bond acceptors (Lipinski definition) is 2. The van der Waals surface area contributed by atoms with Crippen LogP contribution >= 0.6 is 27.5 Å². The van der Waals surface area contributed by atoms with Gasteiger partial charge in [-0.1, -0.05) is 57.9 Å². The Morgan fingerprint density at radius 1 is 1.25 bits per heavy atom. The highest BCUT2D eigenvalue weighted by Gasteiger charge is 2.19. The fourth-order valence-electron chi connectivity index (χ4n) is 1.89. The van der Waals surface area contributed by atoms with E-state index in [1.807, 2.05) is 36.4 Å². The Bertz CT molecular complexity index is 604. The summed E-state index contributed by atoms with van der Waals surface area (Å²) in [6, 6.07) is 14.8. The molecule has 104 valence electrons. The van der Waals surface area contributed by atoms with Crippen LogP contribution in [0.3, 0.4) is 0 Å². The van der Waals surface area contributed by atoms with E-state index < -0.39 is 5.92 Å². The van der Waals surface area contributed by atoms with Crippen LogP contribution in [0.25, 0.3) is 0 Å². The quantitative estimate of drug-likeness (QED) is 0.879. The van der Waals surface area contributed by atoms with Gasteiger partial charge in [0.05, 0.1) is 16.6 Å². The average molecular weight is 354 g/mol. The van der Waals surface area contributed by atoms with E-state index in [1.54, 1.807) is 12.1 Å². The Morgan fingerprint density at radius 2 is 1.95 bits per heavy atom. The molecular formula is C15H14BrClN2O. The van der Waals surface area contributed by atoms with Gasteiger partial charge < -0.3 is 11.1 Å². The molecule has 3 N–H and O–H groups in total. The van der Waals surface area contributed by atoms with Crippen molar-refractivity contribution >= 4 is 39.1 Å². The van der Waals surface area contributed by atoms with E-state index >= 15 is 0 Å². The van der Waals surface area contributed by atoms with Crippen LogP contribution in [0.1, 0.15) is 11.5 Å². The van der Waals surface area contributed by atoms with E-state index in [0.717, 1.165) is 10.0 Å². The van der Waals surface area contributed by atoms with Crippen LogP contribution in [-0.4, -0.2) is 12.5 Å². The Kier molecular flexibility index (Phi) is 5.17. The molecule has 5 heteroatoms. The predicted molar refractivity (Wildman–Crippen MR) is 86.0 cm³/mol. The van der Waals surface area contributed by atoms with Gasteiger partial charge in [0.2, 0.25) is 5.91 Å². The molecule has 0 heterocycles. The number of rotatable bonds is 4. The molecule has 0 spiro atoms. The molecule has 2 aromatic rings. The molecule has 0 aliphatic rings. The second-order valence-corrected chi connectivity index (χ2v) is 5.64. The first-order chi connectivity index (χ1) is 9.61. The number of carbonyl (C=O) groups excluding carboxylic acids is 1. The van der Waals surface area contributed by atoms with Gasteiger partial charge in [-0.15, -0.1) is 0 Å². The van der Waals surface area contributed by atoms with Gasteiger partial charge in [-0.3, -0.25) is 4.79 Å². The number of anilines is 1. The largest absolute Gasteiger partial charge is 0.329 e. The molecule has 2 rings (SSSR count). The average Bonchev–Trinajstić information content (AvgIpc) is 2.44. The number of carbonyl (C=O) groups is 1. The number of nitrogens with two attached hydrogens (primary N) is 1. The Labute approximate surface area is 131 Å². The molecular weight excluding hydrogens is 340 g/mol. The third kappa shape index (κ3) is 3.60. The SMILES string of the molecule is NCC(C(=O)Nc1ccc(Br)cc1Cl)c1ccccc1. The minimum absolute atomic E-state index is 0.164. The summed E-state index contributed by atoms with van der Waals surface area (Å²) in [5.41, 5.74) is 7.19. The predicted octanol–water partition coefficient (Wildman–Crippen LogP) is 3.78. The first-order valence-electron chi connectivity index (χ1n) is 6.12. The van der Waals surface area contributed by atoms with E-state index in [4.69, 9.17) is 17.3 Å². The van der Waals surface area contributed by atoms with Crippen molar-refractivity contribution < 1.29 is 4.79 Å². The zero-order chi connectivity index (χ0) is 14.5. The molecule has 1 unspecified atom stereocenters. The lowest BCUT2D eigenvalue weighted by Crippen LogP contribution is -2.27. The molecule has 0 fully saturated rings. The number of nitrogens with one attached hydrogen (secondary N) is 1. The minimum atomic E-state index is -0.393. The van der Waals surface area contributed by atoms with Crippen LogP contribution in [-0.2, 0) is 4.79 Å². The van der Waals surface area contributed by atoms with Crippen LogP contribution < -0.4 is 11.1 Å². The second kappa shape index (κ2) is 6.88. The highest BCUT2D eigenvalue weighted by Crippen LogP contribution is 2.27. The zero-order valence-corrected chi connectivity index (χ0v) is 13.0. The monoisotopic (exact) mass is 352 g/mol. The summed E-state index contributed by atoms with van der Waals surface area (Å²) >= 11 is 9.42. The summed E-state index contributed by atoms with van der Waals surface area (Å²) in [7, 11) is 0. The van der Waals surface area contributed by atoms with Crippen molar-refractivity contribution in [3.8, 4) is 0 Å². The number of benzene rings is 2. The molecule has 3 nitrogen and oxygen atoms in total. The van der Waals surface area contributed by atoms with Gasteiger partial charge in [0, 0.05) is 11.0 Å². The molecule has 0 aliphatic heterocycles. The summed E-state index contributed by atoms with van der Waals surface area (Å²) in [5, 5.41) is 3.30. The molecule has 0 bridgehead atoms. The second-order valence-electron chi connectivity index (χ2n) is 4.31. The Morgan fingerprint density at radius 3 is 2.55 bits per heavy atom. The maximum atomic E-state index is 12.3. The molecule has 2 aromatic carbocycles. The summed E-state index contributed by atoms with van der Waals surface area (Å²) < 4.78 is 0.860. The summed E-state index contributed by atoms with van der Waals surface area (Å²) in [5.74, 6) is -0.557. The lowest BCUT2D eigenvalue weighted by atomic mass is 9.98. The van der Waals surface area contributed by atoms with Crippen molar-refractivity contribution in [2.24, 2.45) is 5.73 Å². The number of halogens is 2. The van der Waals surface area contributed by atoms with Crippen LogP contribution in [0.4, 0.5) is 5.69 Å². The standard InChI is InChI=1S/C15H14BrClN2O/c16-11-6-7-14(13(17)8-11)19-15(20)12(9-18)10-4-2-1-3-5-10/h1-8,12H,9,18H2,(H,19,20). The van der Waals surface area contributed by atoms with E-state index in [2.05, 4.69) is 21.2 Å². The topological polar surface area (TPSA) is 55.1 Å². The van der Waals surface area contributed by atoms with Gasteiger partial charge in [-0.05, 0) is 23.8 Å². The smallest absolute Gasteiger partial charge is 0.233 e. The third-order valence-corrected chi connectivity index (χ3v) is 3.75. The van der Waals surface area contributed by atoms with Crippen LogP contribution in [0.2, 0.25) is 5.02 Å². The van der Waals surface area contributed by atoms with Crippen LogP contribution in [0, 0.1) is 0 Å². The number of amides is 1. The maximum Gasteiger partial charge on any atom is 0.233 e. The zero-order valence-electron chi connectivity index (χ0n) is 10.6. The first-order valence-corrected chi connectivity index (χ1v) is 7.30. The fourth-order valence-corrected chi connectivity index (χ4v) is 2.61. The van der Waals surface area contributed by atoms with Crippen molar-refractivity contribution in [1.82, 2.24) is 0 Å². The first kappa shape index (κ1) is 15.0. The fraction of sp³-hybridized carbons (Fsp3) is 0.133. The number of hydrogen-bond donors (Lipinski definition) is 2. The van der Waals surface area contributed by atoms with E-state index in [1.165, 1.54) is 0 Å². The lowest BCUT2D eigenvalue weighted by Gasteiger charge is -2.16. The normalized spacial score (nSPS) is 11.9. The maximum absolute atomic E-state index is 12.3. The Hall–Kier alpha value is -1.36. The Balaban J connectivity index is 2.18. The molecule has 0 saturated heterocycles. The van der Waals surface area contributed by atoms with Crippen molar-refractivity contribution in [2.45, 2.75) is 5.92 Å². The van der Waals surface area contributed by atoms with Gasteiger partial charge in [-0.25, -0.2) is 0 Å². The van der Waals surface area contributed by atoms with E-state index in [9.17, 15) is 4.79 Å². The van der Waals surface area contributed by atoms with Gasteiger partial charge in [0.15, 0.2) is 0 Å².